The second-order valence-electron chi connectivity index (χ2n) is 3.30. The van der Waals surface area contributed by atoms with Crippen molar-refractivity contribution in [1.29, 1.82) is 0 Å². The van der Waals surface area contributed by atoms with Crippen LogP contribution in [-0.4, -0.2) is 19.2 Å². The Morgan fingerprint density at radius 3 is 2.71 bits per heavy atom. The van der Waals surface area contributed by atoms with Crippen LogP contribution in [0.5, 0.6) is 5.75 Å². The smallest absolute Gasteiger partial charge is 0.342 e. The van der Waals surface area contributed by atoms with E-state index in [9.17, 15) is 9.18 Å². The average Bonchev–Trinajstić information content (AvgIpc) is 2.28. The normalized spacial score (nSPS) is 10.1. The first-order chi connectivity index (χ1) is 8.11. The van der Waals surface area contributed by atoms with Gasteiger partial charge in [0.1, 0.15) is 5.56 Å². The summed E-state index contributed by atoms with van der Waals surface area (Å²) in [5.74, 6) is -1.32. The first-order valence-electron chi connectivity index (χ1n) is 5.39. The van der Waals surface area contributed by atoms with Crippen molar-refractivity contribution in [1.82, 2.24) is 0 Å². The van der Waals surface area contributed by atoms with Gasteiger partial charge in [0.25, 0.3) is 0 Å². The van der Waals surface area contributed by atoms with E-state index in [0.717, 1.165) is 6.42 Å². The summed E-state index contributed by atoms with van der Waals surface area (Å²) >= 11 is 3.12. The van der Waals surface area contributed by atoms with Crippen molar-refractivity contribution in [3.63, 3.8) is 0 Å². The van der Waals surface area contributed by atoms with Gasteiger partial charge < -0.3 is 9.47 Å². The van der Waals surface area contributed by atoms with Gasteiger partial charge in [-0.2, -0.15) is 0 Å². The minimum absolute atomic E-state index is 0.0677. The molecule has 0 aromatic heterocycles. The Labute approximate surface area is 108 Å². The largest absolute Gasteiger partial charge is 0.491 e. The molecule has 0 radical (unpaired) electrons. The molecule has 0 aliphatic carbocycles. The topological polar surface area (TPSA) is 35.5 Å². The fourth-order valence-corrected chi connectivity index (χ4v) is 1.72. The van der Waals surface area contributed by atoms with Crippen LogP contribution in [0.25, 0.3) is 0 Å². The van der Waals surface area contributed by atoms with Crippen molar-refractivity contribution >= 4 is 21.9 Å². The van der Waals surface area contributed by atoms with Crippen LogP contribution >= 0.6 is 15.9 Å². The van der Waals surface area contributed by atoms with Crippen LogP contribution in [0.15, 0.2) is 16.6 Å². The molecule has 0 amide bonds. The van der Waals surface area contributed by atoms with Gasteiger partial charge in [-0.1, -0.05) is 6.92 Å². The minimum atomic E-state index is -0.696. The zero-order valence-corrected chi connectivity index (χ0v) is 11.3. The summed E-state index contributed by atoms with van der Waals surface area (Å²) in [6, 6.07) is 3.05. The molecule has 0 heterocycles. The van der Waals surface area contributed by atoms with Crippen LogP contribution in [0.1, 0.15) is 30.6 Å². The van der Waals surface area contributed by atoms with Gasteiger partial charge >= 0.3 is 5.97 Å². The Balaban J connectivity index is 3.06. The zero-order valence-electron chi connectivity index (χ0n) is 9.76. The molecule has 0 aliphatic rings. The number of benzene rings is 1. The Morgan fingerprint density at radius 1 is 1.41 bits per heavy atom. The summed E-state index contributed by atoms with van der Waals surface area (Å²) < 4.78 is 24.3. The fraction of sp³-hybridized carbons (Fsp3) is 0.417. The lowest BCUT2D eigenvalue weighted by Crippen LogP contribution is -2.10. The third kappa shape index (κ3) is 3.43. The van der Waals surface area contributed by atoms with Crippen molar-refractivity contribution < 1.29 is 18.7 Å². The lowest BCUT2D eigenvalue weighted by Gasteiger charge is -2.10. The van der Waals surface area contributed by atoms with E-state index in [1.54, 1.807) is 13.0 Å². The lowest BCUT2D eigenvalue weighted by atomic mass is 10.2. The number of carbonyl (C=O) groups excluding carboxylic acids is 1. The molecule has 0 spiro atoms. The number of rotatable bonds is 5. The second kappa shape index (κ2) is 6.59. The van der Waals surface area contributed by atoms with E-state index in [1.807, 2.05) is 6.92 Å². The molecule has 94 valence electrons. The predicted octanol–water partition coefficient (Wildman–Crippen LogP) is 3.55. The molecule has 17 heavy (non-hydrogen) atoms. The molecule has 0 fully saturated rings. The van der Waals surface area contributed by atoms with Crippen LogP contribution in [0.2, 0.25) is 0 Å². The summed E-state index contributed by atoms with van der Waals surface area (Å²) in [7, 11) is 0. The third-order valence-electron chi connectivity index (χ3n) is 2.00. The van der Waals surface area contributed by atoms with Crippen LogP contribution in [-0.2, 0) is 4.74 Å². The van der Waals surface area contributed by atoms with Gasteiger partial charge in [-0.3, -0.25) is 0 Å². The van der Waals surface area contributed by atoms with Crippen molar-refractivity contribution in [3.05, 3.63) is 28.0 Å². The van der Waals surface area contributed by atoms with E-state index in [2.05, 4.69) is 15.9 Å². The minimum Gasteiger partial charge on any atom is -0.491 e. The van der Waals surface area contributed by atoms with Crippen LogP contribution in [0.4, 0.5) is 4.39 Å². The maximum atomic E-state index is 14.0. The number of carbonyl (C=O) groups is 1. The average molecular weight is 305 g/mol. The molecular formula is C12H14BrFO3. The molecule has 0 saturated carbocycles. The van der Waals surface area contributed by atoms with E-state index in [1.165, 1.54) is 6.07 Å². The van der Waals surface area contributed by atoms with Gasteiger partial charge in [0, 0.05) is 4.47 Å². The van der Waals surface area contributed by atoms with Crippen molar-refractivity contribution in [3.8, 4) is 5.75 Å². The SMILES string of the molecule is CCCOc1ccc(Br)c(C(=O)OCC)c1F. The molecule has 3 nitrogen and oxygen atoms in total. The Kier molecular flexibility index (Phi) is 5.41. The molecule has 1 aromatic rings. The first kappa shape index (κ1) is 14.0. The third-order valence-corrected chi connectivity index (χ3v) is 2.66. The molecule has 0 bridgehead atoms. The van der Waals surface area contributed by atoms with Gasteiger partial charge in [-0.25, -0.2) is 9.18 Å². The number of hydrogen-bond acceptors (Lipinski definition) is 3. The molecule has 0 N–H and O–H groups in total. The number of ether oxygens (including phenoxy) is 2. The summed E-state index contributed by atoms with van der Waals surface area (Å²) in [5.41, 5.74) is -0.125. The molecule has 0 atom stereocenters. The molecular weight excluding hydrogens is 291 g/mol. The Morgan fingerprint density at radius 2 is 2.12 bits per heavy atom. The van der Waals surface area contributed by atoms with Crippen LogP contribution in [0.3, 0.4) is 0 Å². The van der Waals surface area contributed by atoms with E-state index >= 15 is 0 Å². The van der Waals surface area contributed by atoms with E-state index < -0.39 is 11.8 Å². The summed E-state index contributed by atoms with van der Waals surface area (Å²) in [6.07, 6.45) is 0.768. The maximum Gasteiger partial charge on any atom is 0.342 e. The van der Waals surface area contributed by atoms with Gasteiger partial charge in [0.05, 0.1) is 13.2 Å². The standard InChI is InChI=1S/C12H14BrFO3/c1-3-7-17-9-6-5-8(13)10(11(9)14)12(15)16-4-2/h5-6H,3-4,7H2,1-2H3. The summed E-state index contributed by atoms with van der Waals surface area (Å²) in [6.45, 7) is 4.19. The highest BCUT2D eigenvalue weighted by atomic mass is 79.9. The molecule has 0 saturated heterocycles. The quantitative estimate of drug-likeness (QED) is 0.780. The number of hydrogen-bond donors (Lipinski definition) is 0. The van der Waals surface area contributed by atoms with Gasteiger partial charge in [-0.05, 0) is 41.4 Å². The molecule has 0 aliphatic heterocycles. The lowest BCUT2D eigenvalue weighted by molar-refractivity contribution is 0.0518. The molecule has 1 rings (SSSR count). The first-order valence-corrected chi connectivity index (χ1v) is 6.19. The van der Waals surface area contributed by atoms with E-state index in [4.69, 9.17) is 9.47 Å². The summed E-state index contributed by atoms with van der Waals surface area (Å²) in [5, 5.41) is 0. The predicted molar refractivity (Wildman–Crippen MR) is 65.8 cm³/mol. The van der Waals surface area contributed by atoms with Crippen molar-refractivity contribution in [2.45, 2.75) is 20.3 Å². The van der Waals surface area contributed by atoms with Crippen molar-refractivity contribution in [2.24, 2.45) is 0 Å². The molecule has 5 heteroatoms. The number of esters is 1. The molecule has 1 aromatic carbocycles. The summed E-state index contributed by atoms with van der Waals surface area (Å²) in [4.78, 5) is 11.6. The Hall–Kier alpha value is -1.10. The van der Waals surface area contributed by atoms with E-state index in [0.29, 0.717) is 11.1 Å². The maximum absolute atomic E-state index is 14.0. The van der Waals surface area contributed by atoms with Gasteiger partial charge in [-0.15, -0.1) is 0 Å². The van der Waals surface area contributed by atoms with Crippen LogP contribution < -0.4 is 4.74 Å². The second-order valence-corrected chi connectivity index (χ2v) is 4.16. The highest BCUT2D eigenvalue weighted by Crippen LogP contribution is 2.28. The van der Waals surface area contributed by atoms with Gasteiger partial charge in [0.2, 0.25) is 0 Å². The molecule has 0 unspecified atom stereocenters. The van der Waals surface area contributed by atoms with Crippen molar-refractivity contribution in [2.75, 3.05) is 13.2 Å². The highest BCUT2D eigenvalue weighted by Gasteiger charge is 2.20. The zero-order chi connectivity index (χ0) is 12.8. The number of halogens is 2. The van der Waals surface area contributed by atoms with Crippen LogP contribution in [0, 0.1) is 5.82 Å². The van der Waals surface area contributed by atoms with Gasteiger partial charge in [0.15, 0.2) is 11.6 Å². The Bertz CT molecular complexity index is 407. The highest BCUT2D eigenvalue weighted by molar-refractivity contribution is 9.10. The van der Waals surface area contributed by atoms with E-state index in [-0.39, 0.29) is 17.9 Å². The fourth-order valence-electron chi connectivity index (χ4n) is 1.25. The monoisotopic (exact) mass is 304 g/mol.